The van der Waals surface area contributed by atoms with Gasteiger partial charge in [0.1, 0.15) is 11.4 Å². The van der Waals surface area contributed by atoms with Gasteiger partial charge >= 0.3 is 0 Å². The molecule has 1 atom stereocenters. The number of hydrogen-bond donors (Lipinski definition) is 1. The first-order valence-corrected chi connectivity index (χ1v) is 9.85. The van der Waals surface area contributed by atoms with Crippen LogP contribution in [-0.2, 0) is 6.42 Å². The standard InChI is InChI=1S/C22H29N3O2/c1-3-18-6-4-5-15-25(18)19-9-12-21(24-16-19)22(26)23-14-13-17-7-10-20(27-2)11-8-17/h7-12,16,18H,3-6,13-15H2,1-2H3,(H,23,26). The summed E-state index contributed by atoms with van der Waals surface area (Å²) >= 11 is 0. The summed E-state index contributed by atoms with van der Waals surface area (Å²) in [6.45, 7) is 3.90. The molecule has 1 unspecified atom stereocenters. The van der Waals surface area contributed by atoms with Gasteiger partial charge in [-0.15, -0.1) is 0 Å². The molecular weight excluding hydrogens is 338 g/mol. The molecule has 27 heavy (non-hydrogen) atoms. The zero-order valence-corrected chi connectivity index (χ0v) is 16.3. The van der Waals surface area contributed by atoms with Crippen molar-refractivity contribution in [1.29, 1.82) is 0 Å². The number of amides is 1. The molecule has 1 aliphatic heterocycles. The number of hydrogen-bond acceptors (Lipinski definition) is 4. The molecule has 0 spiro atoms. The van der Waals surface area contributed by atoms with Gasteiger partial charge in [0.15, 0.2) is 0 Å². The Morgan fingerprint density at radius 3 is 2.70 bits per heavy atom. The third kappa shape index (κ3) is 5.00. The van der Waals surface area contributed by atoms with Crippen LogP contribution >= 0.6 is 0 Å². The first-order valence-electron chi connectivity index (χ1n) is 9.85. The van der Waals surface area contributed by atoms with Crippen LogP contribution in [-0.4, -0.2) is 37.1 Å². The Hall–Kier alpha value is -2.56. The number of nitrogens with one attached hydrogen (secondary N) is 1. The van der Waals surface area contributed by atoms with Crippen molar-refractivity contribution >= 4 is 11.6 Å². The van der Waals surface area contributed by atoms with Crippen LogP contribution in [0.3, 0.4) is 0 Å². The molecule has 1 N–H and O–H groups in total. The molecule has 0 radical (unpaired) electrons. The first kappa shape index (κ1) is 19.2. The molecule has 144 valence electrons. The van der Waals surface area contributed by atoms with Crippen molar-refractivity contribution in [3.8, 4) is 5.75 Å². The zero-order chi connectivity index (χ0) is 19.1. The summed E-state index contributed by atoms with van der Waals surface area (Å²) in [7, 11) is 1.65. The minimum atomic E-state index is -0.124. The highest BCUT2D eigenvalue weighted by Gasteiger charge is 2.21. The van der Waals surface area contributed by atoms with E-state index in [0.29, 0.717) is 18.3 Å². The van der Waals surface area contributed by atoms with Crippen LogP contribution in [0, 0.1) is 0 Å². The summed E-state index contributed by atoms with van der Waals surface area (Å²) in [6.07, 6.45) is 7.53. The van der Waals surface area contributed by atoms with Crippen LogP contribution in [0.15, 0.2) is 42.6 Å². The molecule has 2 heterocycles. The number of pyridine rings is 1. The molecule has 0 aliphatic carbocycles. The Morgan fingerprint density at radius 1 is 1.22 bits per heavy atom. The lowest BCUT2D eigenvalue weighted by Gasteiger charge is -2.37. The highest BCUT2D eigenvalue weighted by molar-refractivity contribution is 5.92. The Balaban J connectivity index is 1.52. The van der Waals surface area contributed by atoms with Crippen LogP contribution in [0.4, 0.5) is 5.69 Å². The van der Waals surface area contributed by atoms with Crippen LogP contribution in [0.25, 0.3) is 0 Å². The molecule has 5 heteroatoms. The number of ether oxygens (including phenoxy) is 1. The number of anilines is 1. The summed E-state index contributed by atoms with van der Waals surface area (Å²) in [4.78, 5) is 19.2. The van der Waals surface area contributed by atoms with Crippen molar-refractivity contribution in [2.75, 3.05) is 25.1 Å². The largest absolute Gasteiger partial charge is 0.497 e. The monoisotopic (exact) mass is 367 g/mol. The van der Waals surface area contributed by atoms with Crippen molar-refractivity contribution in [3.63, 3.8) is 0 Å². The molecule has 1 amide bonds. The maximum atomic E-state index is 12.3. The molecule has 0 bridgehead atoms. The fourth-order valence-corrected chi connectivity index (χ4v) is 3.66. The van der Waals surface area contributed by atoms with Crippen molar-refractivity contribution in [3.05, 3.63) is 53.9 Å². The number of rotatable bonds is 7. The highest BCUT2D eigenvalue weighted by atomic mass is 16.5. The molecular formula is C22H29N3O2. The van der Waals surface area contributed by atoms with E-state index in [1.54, 1.807) is 7.11 Å². The first-order chi connectivity index (χ1) is 13.2. The van der Waals surface area contributed by atoms with E-state index >= 15 is 0 Å². The van der Waals surface area contributed by atoms with Gasteiger partial charge in [0, 0.05) is 19.1 Å². The van der Waals surface area contributed by atoms with Gasteiger partial charge in [-0.05, 0) is 61.9 Å². The molecule has 0 saturated carbocycles. The number of carbonyl (C=O) groups is 1. The molecule has 1 aromatic carbocycles. The molecule has 3 rings (SSSR count). The van der Waals surface area contributed by atoms with E-state index in [-0.39, 0.29) is 5.91 Å². The van der Waals surface area contributed by atoms with E-state index < -0.39 is 0 Å². The number of nitrogens with zero attached hydrogens (tertiary/aromatic N) is 2. The molecule has 2 aromatic rings. The van der Waals surface area contributed by atoms with Crippen molar-refractivity contribution < 1.29 is 9.53 Å². The molecule has 5 nitrogen and oxygen atoms in total. The lowest BCUT2D eigenvalue weighted by atomic mass is 9.99. The van der Waals surface area contributed by atoms with E-state index in [2.05, 4.69) is 22.1 Å². The fourth-order valence-electron chi connectivity index (χ4n) is 3.66. The molecule has 1 saturated heterocycles. The van der Waals surface area contributed by atoms with E-state index in [4.69, 9.17) is 4.74 Å². The number of methoxy groups -OCH3 is 1. The lowest BCUT2D eigenvalue weighted by molar-refractivity contribution is 0.0949. The molecule has 1 aromatic heterocycles. The van der Waals surface area contributed by atoms with Crippen LogP contribution in [0.5, 0.6) is 5.75 Å². The van der Waals surface area contributed by atoms with Gasteiger partial charge in [0.2, 0.25) is 0 Å². The third-order valence-electron chi connectivity index (χ3n) is 5.27. The summed E-state index contributed by atoms with van der Waals surface area (Å²) in [5, 5.41) is 2.95. The second-order valence-corrected chi connectivity index (χ2v) is 7.01. The summed E-state index contributed by atoms with van der Waals surface area (Å²) < 4.78 is 5.16. The Morgan fingerprint density at radius 2 is 2.04 bits per heavy atom. The number of piperidine rings is 1. The second-order valence-electron chi connectivity index (χ2n) is 7.01. The maximum Gasteiger partial charge on any atom is 0.269 e. The van der Waals surface area contributed by atoms with E-state index in [0.717, 1.165) is 36.4 Å². The Bertz CT molecular complexity index is 728. The fraction of sp³-hybridized carbons (Fsp3) is 0.455. The van der Waals surface area contributed by atoms with Gasteiger partial charge in [-0.25, -0.2) is 4.98 Å². The van der Waals surface area contributed by atoms with Crippen molar-refractivity contribution in [1.82, 2.24) is 10.3 Å². The van der Waals surface area contributed by atoms with Gasteiger partial charge in [-0.3, -0.25) is 4.79 Å². The topological polar surface area (TPSA) is 54.5 Å². The smallest absolute Gasteiger partial charge is 0.269 e. The van der Waals surface area contributed by atoms with E-state index in [1.807, 2.05) is 42.6 Å². The second kappa shape index (κ2) is 9.40. The van der Waals surface area contributed by atoms with Gasteiger partial charge in [0.05, 0.1) is 19.0 Å². The minimum absolute atomic E-state index is 0.124. The van der Waals surface area contributed by atoms with E-state index in [1.165, 1.54) is 19.3 Å². The SMILES string of the molecule is CCC1CCCCN1c1ccc(C(=O)NCCc2ccc(OC)cc2)nc1. The predicted molar refractivity (Wildman–Crippen MR) is 109 cm³/mol. The normalized spacial score (nSPS) is 16.8. The third-order valence-corrected chi connectivity index (χ3v) is 5.27. The van der Waals surface area contributed by atoms with Gasteiger partial charge in [0.25, 0.3) is 5.91 Å². The molecule has 1 aliphatic rings. The Labute approximate surface area is 161 Å². The average Bonchev–Trinajstić information content (AvgIpc) is 2.74. The van der Waals surface area contributed by atoms with Crippen LogP contribution < -0.4 is 15.0 Å². The molecule has 1 fully saturated rings. The van der Waals surface area contributed by atoms with E-state index in [9.17, 15) is 4.79 Å². The summed E-state index contributed by atoms with van der Waals surface area (Å²) in [5.74, 6) is 0.715. The van der Waals surface area contributed by atoms with Crippen LogP contribution in [0.1, 0.15) is 48.7 Å². The Kier molecular flexibility index (Phi) is 6.69. The average molecular weight is 367 g/mol. The lowest BCUT2D eigenvalue weighted by Crippen LogP contribution is -2.39. The minimum Gasteiger partial charge on any atom is -0.497 e. The number of aromatic nitrogens is 1. The quantitative estimate of drug-likeness (QED) is 0.808. The van der Waals surface area contributed by atoms with Gasteiger partial charge < -0.3 is 15.0 Å². The summed E-state index contributed by atoms with van der Waals surface area (Å²) in [6, 6.07) is 12.3. The van der Waals surface area contributed by atoms with Gasteiger partial charge in [-0.1, -0.05) is 19.1 Å². The van der Waals surface area contributed by atoms with Crippen molar-refractivity contribution in [2.24, 2.45) is 0 Å². The number of benzene rings is 1. The zero-order valence-electron chi connectivity index (χ0n) is 16.3. The maximum absolute atomic E-state index is 12.3. The number of carbonyl (C=O) groups excluding carboxylic acids is 1. The summed E-state index contributed by atoms with van der Waals surface area (Å²) in [5.41, 5.74) is 2.75. The predicted octanol–water partition coefficient (Wildman–Crippen LogP) is 3.83. The highest BCUT2D eigenvalue weighted by Crippen LogP contribution is 2.25. The van der Waals surface area contributed by atoms with Crippen molar-refractivity contribution in [2.45, 2.75) is 45.1 Å². The van der Waals surface area contributed by atoms with Gasteiger partial charge in [-0.2, -0.15) is 0 Å². The van der Waals surface area contributed by atoms with Crippen LogP contribution in [0.2, 0.25) is 0 Å².